The van der Waals surface area contributed by atoms with Crippen molar-refractivity contribution in [2.75, 3.05) is 20.1 Å². The van der Waals surface area contributed by atoms with Crippen molar-refractivity contribution in [2.45, 2.75) is 19.5 Å². The lowest BCUT2D eigenvalue weighted by atomic mass is 10.1. The van der Waals surface area contributed by atoms with E-state index in [2.05, 4.69) is 14.9 Å². The third kappa shape index (κ3) is 3.28. The summed E-state index contributed by atoms with van der Waals surface area (Å²) in [6.45, 7) is 2.47. The number of carbonyl (C=O) groups excluding carboxylic acids is 1. The Bertz CT molecular complexity index is 612. The standard InChI is InChI=1S/C15H18N4O2/c1-18(8-13-3-2-6-21-13)15(20)10-19-5-4-12-7-16-11-17-14(12)9-19/h2-3,6-7,11H,4-5,8-10H2,1H3. The van der Waals surface area contributed by atoms with Crippen LogP contribution in [0.1, 0.15) is 17.0 Å². The summed E-state index contributed by atoms with van der Waals surface area (Å²) < 4.78 is 5.27. The summed E-state index contributed by atoms with van der Waals surface area (Å²) in [4.78, 5) is 24.4. The summed E-state index contributed by atoms with van der Waals surface area (Å²) in [7, 11) is 1.80. The Balaban J connectivity index is 1.56. The second kappa shape index (κ2) is 6.05. The molecular formula is C15H18N4O2. The van der Waals surface area contributed by atoms with E-state index in [4.69, 9.17) is 4.42 Å². The number of rotatable bonds is 4. The minimum atomic E-state index is 0.0870. The molecule has 110 valence electrons. The van der Waals surface area contributed by atoms with Gasteiger partial charge >= 0.3 is 0 Å². The molecule has 6 nitrogen and oxygen atoms in total. The Morgan fingerprint density at radius 2 is 2.43 bits per heavy atom. The van der Waals surface area contributed by atoms with E-state index in [1.807, 2.05) is 18.3 Å². The van der Waals surface area contributed by atoms with Gasteiger partial charge < -0.3 is 9.32 Å². The van der Waals surface area contributed by atoms with Gasteiger partial charge in [0.2, 0.25) is 5.91 Å². The van der Waals surface area contributed by atoms with Crippen LogP contribution in [0.5, 0.6) is 0 Å². The van der Waals surface area contributed by atoms with Crippen LogP contribution >= 0.6 is 0 Å². The smallest absolute Gasteiger partial charge is 0.236 e. The first-order valence-corrected chi connectivity index (χ1v) is 6.99. The molecule has 1 aliphatic heterocycles. The second-order valence-corrected chi connectivity index (χ2v) is 5.28. The maximum atomic E-state index is 12.3. The molecule has 0 bridgehead atoms. The maximum absolute atomic E-state index is 12.3. The molecule has 2 aromatic rings. The highest BCUT2D eigenvalue weighted by Gasteiger charge is 2.21. The lowest BCUT2D eigenvalue weighted by Gasteiger charge is -2.28. The van der Waals surface area contributed by atoms with E-state index in [1.54, 1.807) is 24.5 Å². The number of likely N-dealkylation sites (N-methyl/N-ethyl adjacent to an activating group) is 1. The van der Waals surface area contributed by atoms with E-state index in [-0.39, 0.29) is 5.91 Å². The first-order chi connectivity index (χ1) is 10.2. The summed E-state index contributed by atoms with van der Waals surface area (Å²) in [5.41, 5.74) is 2.21. The predicted molar refractivity (Wildman–Crippen MR) is 76.2 cm³/mol. The van der Waals surface area contributed by atoms with Crippen molar-refractivity contribution in [1.82, 2.24) is 19.8 Å². The van der Waals surface area contributed by atoms with Crippen LogP contribution in [0.3, 0.4) is 0 Å². The molecule has 2 aromatic heterocycles. The Labute approximate surface area is 123 Å². The molecule has 0 saturated heterocycles. The highest BCUT2D eigenvalue weighted by atomic mass is 16.3. The molecule has 21 heavy (non-hydrogen) atoms. The number of hydrogen-bond acceptors (Lipinski definition) is 5. The van der Waals surface area contributed by atoms with E-state index in [9.17, 15) is 4.79 Å². The number of carbonyl (C=O) groups is 1. The molecular weight excluding hydrogens is 268 g/mol. The average molecular weight is 286 g/mol. The zero-order valence-electron chi connectivity index (χ0n) is 12.0. The van der Waals surface area contributed by atoms with E-state index in [1.165, 1.54) is 5.56 Å². The number of hydrogen-bond donors (Lipinski definition) is 0. The first kappa shape index (κ1) is 13.8. The van der Waals surface area contributed by atoms with Crippen LogP contribution in [0, 0.1) is 0 Å². The van der Waals surface area contributed by atoms with Crippen LogP contribution in [0.15, 0.2) is 35.3 Å². The fourth-order valence-electron chi connectivity index (χ4n) is 2.48. The number of furan rings is 1. The topological polar surface area (TPSA) is 62.5 Å². The van der Waals surface area contributed by atoms with Gasteiger partial charge in [0.25, 0.3) is 0 Å². The number of nitrogens with zero attached hydrogens (tertiary/aromatic N) is 4. The van der Waals surface area contributed by atoms with Crippen LogP contribution in [-0.2, 0) is 24.3 Å². The van der Waals surface area contributed by atoms with E-state index in [0.717, 1.165) is 24.4 Å². The van der Waals surface area contributed by atoms with Gasteiger partial charge in [-0.1, -0.05) is 0 Å². The summed E-state index contributed by atoms with van der Waals surface area (Å²) in [6.07, 6.45) is 5.94. The molecule has 3 rings (SSSR count). The first-order valence-electron chi connectivity index (χ1n) is 6.99. The number of amides is 1. The second-order valence-electron chi connectivity index (χ2n) is 5.28. The van der Waals surface area contributed by atoms with Crippen LogP contribution in [0.2, 0.25) is 0 Å². The van der Waals surface area contributed by atoms with Crippen molar-refractivity contribution in [2.24, 2.45) is 0 Å². The summed E-state index contributed by atoms with van der Waals surface area (Å²) >= 11 is 0. The lowest BCUT2D eigenvalue weighted by molar-refractivity contribution is -0.132. The van der Waals surface area contributed by atoms with Crippen LogP contribution in [0.4, 0.5) is 0 Å². The molecule has 0 spiro atoms. The Morgan fingerprint density at radius 1 is 1.52 bits per heavy atom. The SMILES string of the molecule is CN(Cc1ccco1)C(=O)CN1CCc2cncnc2C1. The fourth-order valence-corrected chi connectivity index (χ4v) is 2.48. The van der Waals surface area contributed by atoms with Crippen molar-refractivity contribution in [3.05, 3.63) is 47.9 Å². The van der Waals surface area contributed by atoms with Crippen LogP contribution in [0.25, 0.3) is 0 Å². The quantitative estimate of drug-likeness (QED) is 0.842. The molecule has 1 aliphatic rings. The molecule has 0 unspecified atom stereocenters. The van der Waals surface area contributed by atoms with Gasteiger partial charge in [-0.2, -0.15) is 0 Å². The van der Waals surface area contributed by atoms with E-state index >= 15 is 0 Å². The van der Waals surface area contributed by atoms with Crippen molar-refractivity contribution in [3.63, 3.8) is 0 Å². The minimum Gasteiger partial charge on any atom is -0.467 e. The molecule has 0 saturated carbocycles. The van der Waals surface area contributed by atoms with Gasteiger partial charge in [0.1, 0.15) is 12.1 Å². The van der Waals surface area contributed by atoms with Gasteiger partial charge in [-0.3, -0.25) is 9.69 Å². The van der Waals surface area contributed by atoms with Crippen molar-refractivity contribution in [1.29, 1.82) is 0 Å². The minimum absolute atomic E-state index is 0.0870. The third-order valence-corrected chi connectivity index (χ3v) is 3.71. The maximum Gasteiger partial charge on any atom is 0.236 e. The van der Waals surface area contributed by atoms with Gasteiger partial charge in [0.15, 0.2) is 0 Å². The normalized spacial score (nSPS) is 14.7. The average Bonchev–Trinajstić information content (AvgIpc) is 3.00. The summed E-state index contributed by atoms with van der Waals surface area (Å²) in [5, 5.41) is 0. The fraction of sp³-hybridized carbons (Fsp3) is 0.400. The van der Waals surface area contributed by atoms with Crippen LogP contribution in [-0.4, -0.2) is 45.8 Å². The number of aromatic nitrogens is 2. The lowest BCUT2D eigenvalue weighted by Crippen LogP contribution is -2.40. The molecule has 0 radical (unpaired) electrons. The zero-order chi connectivity index (χ0) is 14.7. The number of fused-ring (bicyclic) bond motifs is 1. The zero-order valence-corrected chi connectivity index (χ0v) is 12.0. The Kier molecular flexibility index (Phi) is 3.96. The van der Waals surface area contributed by atoms with Gasteiger partial charge in [-0.25, -0.2) is 9.97 Å². The summed E-state index contributed by atoms with van der Waals surface area (Å²) in [5.74, 6) is 0.881. The van der Waals surface area contributed by atoms with Crippen LogP contribution < -0.4 is 0 Å². The third-order valence-electron chi connectivity index (χ3n) is 3.71. The van der Waals surface area contributed by atoms with Gasteiger partial charge in [0, 0.05) is 26.3 Å². The van der Waals surface area contributed by atoms with Crippen molar-refractivity contribution < 1.29 is 9.21 Å². The molecule has 1 amide bonds. The Hall–Kier alpha value is -2.21. The molecule has 0 N–H and O–H groups in total. The molecule has 0 fully saturated rings. The summed E-state index contributed by atoms with van der Waals surface area (Å²) in [6, 6.07) is 3.70. The molecule has 6 heteroatoms. The largest absolute Gasteiger partial charge is 0.467 e. The van der Waals surface area contributed by atoms with E-state index < -0.39 is 0 Å². The molecule has 0 atom stereocenters. The molecule has 3 heterocycles. The highest BCUT2D eigenvalue weighted by Crippen LogP contribution is 2.15. The Morgan fingerprint density at radius 3 is 3.24 bits per heavy atom. The van der Waals surface area contributed by atoms with Gasteiger partial charge in [0.05, 0.1) is 25.0 Å². The highest BCUT2D eigenvalue weighted by molar-refractivity contribution is 5.77. The molecule has 0 aromatic carbocycles. The van der Waals surface area contributed by atoms with Crippen molar-refractivity contribution in [3.8, 4) is 0 Å². The monoisotopic (exact) mass is 286 g/mol. The molecule has 0 aliphatic carbocycles. The predicted octanol–water partition coefficient (Wildman–Crippen LogP) is 1.09. The van der Waals surface area contributed by atoms with Crippen molar-refractivity contribution >= 4 is 5.91 Å². The van der Waals surface area contributed by atoms with Gasteiger partial charge in [-0.05, 0) is 24.1 Å². The van der Waals surface area contributed by atoms with E-state index in [0.29, 0.717) is 19.6 Å². The van der Waals surface area contributed by atoms with Gasteiger partial charge in [-0.15, -0.1) is 0 Å².